The molecule has 0 aromatic carbocycles. The van der Waals surface area contributed by atoms with Crippen LogP contribution in [0.1, 0.15) is 42.1 Å². The normalized spacial score (nSPS) is 25.0. The number of likely N-dealkylation sites (tertiary alicyclic amines) is 1. The summed E-state index contributed by atoms with van der Waals surface area (Å²) in [6.45, 7) is 7.03. The third kappa shape index (κ3) is 2.29. The van der Waals surface area contributed by atoms with Gasteiger partial charge in [-0.15, -0.1) is 0 Å². The fourth-order valence-corrected chi connectivity index (χ4v) is 3.16. The molecule has 1 aromatic heterocycles. The first kappa shape index (κ1) is 12.4. The van der Waals surface area contributed by atoms with Crippen LogP contribution in [-0.2, 0) is 0 Å². The van der Waals surface area contributed by atoms with Crippen molar-refractivity contribution in [2.24, 2.45) is 5.92 Å². The first-order valence-corrected chi connectivity index (χ1v) is 6.86. The number of hydrogen-bond donors (Lipinski definition) is 1. The number of aromatic nitrogens is 1. The van der Waals surface area contributed by atoms with Crippen molar-refractivity contribution in [3.8, 4) is 0 Å². The number of amides is 1. The van der Waals surface area contributed by atoms with E-state index in [0.717, 1.165) is 18.7 Å². The van der Waals surface area contributed by atoms with Crippen LogP contribution in [-0.4, -0.2) is 28.4 Å². The second-order valence-electron chi connectivity index (χ2n) is 4.83. The SMILES string of the molecule is Cc1nc(N)sc1C(=O)N1CCCC(C)C1C. The first-order valence-electron chi connectivity index (χ1n) is 6.04. The van der Waals surface area contributed by atoms with Crippen LogP contribution >= 0.6 is 11.3 Å². The molecule has 2 rings (SSSR count). The Labute approximate surface area is 106 Å². The van der Waals surface area contributed by atoms with E-state index < -0.39 is 0 Å². The lowest BCUT2D eigenvalue weighted by Crippen LogP contribution is -2.45. The lowest BCUT2D eigenvalue weighted by Gasteiger charge is -2.37. The first-order chi connectivity index (χ1) is 8.00. The largest absolute Gasteiger partial charge is 0.375 e. The number of anilines is 1. The van der Waals surface area contributed by atoms with Crippen LogP contribution in [0.2, 0.25) is 0 Å². The lowest BCUT2D eigenvalue weighted by molar-refractivity contribution is 0.0555. The fourth-order valence-electron chi connectivity index (χ4n) is 2.37. The van der Waals surface area contributed by atoms with Crippen molar-refractivity contribution in [1.82, 2.24) is 9.88 Å². The van der Waals surface area contributed by atoms with Crippen molar-refractivity contribution in [2.75, 3.05) is 12.3 Å². The summed E-state index contributed by atoms with van der Waals surface area (Å²) in [5, 5.41) is 0.476. The second-order valence-corrected chi connectivity index (χ2v) is 5.86. The topological polar surface area (TPSA) is 59.2 Å². The molecule has 5 heteroatoms. The maximum Gasteiger partial charge on any atom is 0.266 e. The molecule has 0 saturated carbocycles. The molecule has 17 heavy (non-hydrogen) atoms. The van der Waals surface area contributed by atoms with E-state index in [4.69, 9.17) is 5.73 Å². The van der Waals surface area contributed by atoms with E-state index in [2.05, 4.69) is 18.8 Å². The van der Waals surface area contributed by atoms with Crippen molar-refractivity contribution >= 4 is 22.4 Å². The van der Waals surface area contributed by atoms with Gasteiger partial charge in [0.05, 0.1) is 5.69 Å². The molecule has 2 heterocycles. The van der Waals surface area contributed by atoms with Gasteiger partial charge in [0.2, 0.25) is 0 Å². The third-order valence-electron chi connectivity index (χ3n) is 3.64. The van der Waals surface area contributed by atoms with E-state index in [1.165, 1.54) is 17.8 Å². The third-order valence-corrected chi connectivity index (χ3v) is 4.62. The van der Waals surface area contributed by atoms with Gasteiger partial charge in [-0.3, -0.25) is 4.79 Å². The summed E-state index contributed by atoms with van der Waals surface area (Å²) in [6, 6.07) is 0.305. The molecule has 2 N–H and O–H groups in total. The number of rotatable bonds is 1. The number of carbonyl (C=O) groups is 1. The van der Waals surface area contributed by atoms with Gasteiger partial charge >= 0.3 is 0 Å². The van der Waals surface area contributed by atoms with Gasteiger partial charge < -0.3 is 10.6 Å². The zero-order valence-electron chi connectivity index (χ0n) is 10.6. The molecule has 1 amide bonds. The number of thiazole rings is 1. The highest BCUT2D eigenvalue weighted by Crippen LogP contribution is 2.28. The average molecular weight is 253 g/mol. The maximum absolute atomic E-state index is 12.4. The molecule has 94 valence electrons. The second kappa shape index (κ2) is 4.64. The van der Waals surface area contributed by atoms with Gasteiger partial charge in [0.15, 0.2) is 5.13 Å². The molecule has 1 fully saturated rings. The van der Waals surface area contributed by atoms with Gasteiger partial charge in [-0.05, 0) is 32.6 Å². The summed E-state index contributed by atoms with van der Waals surface area (Å²) in [7, 11) is 0. The Balaban J connectivity index is 2.22. The summed E-state index contributed by atoms with van der Waals surface area (Å²) in [4.78, 5) is 19.2. The Morgan fingerprint density at radius 1 is 1.53 bits per heavy atom. The summed E-state index contributed by atoms with van der Waals surface area (Å²) in [6.07, 6.45) is 2.29. The van der Waals surface area contributed by atoms with Gasteiger partial charge in [0.1, 0.15) is 4.88 Å². The quantitative estimate of drug-likeness (QED) is 0.835. The van der Waals surface area contributed by atoms with Gasteiger partial charge in [0.25, 0.3) is 5.91 Å². The summed E-state index contributed by atoms with van der Waals surface area (Å²) >= 11 is 1.29. The van der Waals surface area contributed by atoms with Crippen molar-refractivity contribution in [3.63, 3.8) is 0 Å². The predicted octanol–water partition coefficient (Wildman–Crippen LogP) is 2.29. The van der Waals surface area contributed by atoms with Crippen molar-refractivity contribution < 1.29 is 4.79 Å². The molecule has 1 aromatic rings. The Bertz CT molecular complexity index is 429. The number of piperidine rings is 1. The molecule has 0 spiro atoms. The van der Waals surface area contributed by atoms with Crippen molar-refractivity contribution in [1.29, 1.82) is 0 Å². The molecule has 1 aliphatic heterocycles. The van der Waals surface area contributed by atoms with Gasteiger partial charge in [-0.1, -0.05) is 18.3 Å². The van der Waals surface area contributed by atoms with E-state index in [1.807, 2.05) is 11.8 Å². The minimum atomic E-state index is 0.0933. The molecular weight excluding hydrogens is 234 g/mol. The fraction of sp³-hybridized carbons (Fsp3) is 0.667. The Morgan fingerprint density at radius 3 is 2.82 bits per heavy atom. The molecule has 1 saturated heterocycles. The van der Waals surface area contributed by atoms with Crippen LogP contribution < -0.4 is 5.73 Å². The average Bonchev–Trinajstić information content (AvgIpc) is 2.61. The molecule has 2 atom stereocenters. The number of hydrogen-bond acceptors (Lipinski definition) is 4. The van der Waals surface area contributed by atoms with Crippen LogP contribution in [0.5, 0.6) is 0 Å². The van der Waals surface area contributed by atoms with Crippen molar-refractivity contribution in [3.05, 3.63) is 10.6 Å². The van der Waals surface area contributed by atoms with Crippen LogP contribution in [0.25, 0.3) is 0 Å². The zero-order chi connectivity index (χ0) is 12.6. The molecule has 0 aliphatic carbocycles. The maximum atomic E-state index is 12.4. The zero-order valence-corrected chi connectivity index (χ0v) is 11.4. The summed E-state index contributed by atoms with van der Waals surface area (Å²) in [5.74, 6) is 0.661. The number of nitrogens with two attached hydrogens (primary N) is 1. The van der Waals surface area contributed by atoms with E-state index in [1.54, 1.807) is 0 Å². The van der Waals surface area contributed by atoms with E-state index in [-0.39, 0.29) is 5.91 Å². The minimum absolute atomic E-state index is 0.0933. The molecule has 1 aliphatic rings. The summed E-state index contributed by atoms with van der Waals surface area (Å²) < 4.78 is 0. The highest BCUT2D eigenvalue weighted by molar-refractivity contribution is 7.17. The Morgan fingerprint density at radius 2 is 2.24 bits per heavy atom. The number of nitrogens with zero attached hydrogens (tertiary/aromatic N) is 2. The standard InChI is InChI=1S/C12H19N3OS/c1-7-5-4-6-15(9(7)3)11(16)10-8(2)14-12(13)17-10/h7,9H,4-6H2,1-3H3,(H2,13,14). The minimum Gasteiger partial charge on any atom is -0.375 e. The number of carbonyl (C=O) groups excluding carboxylic acids is 1. The van der Waals surface area contributed by atoms with Gasteiger partial charge in [0, 0.05) is 12.6 Å². The molecule has 4 nitrogen and oxygen atoms in total. The lowest BCUT2D eigenvalue weighted by atomic mass is 9.92. The predicted molar refractivity (Wildman–Crippen MR) is 70.2 cm³/mol. The molecule has 2 unspecified atom stereocenters. The highest BCUT2D eigenvalue weighted by Gasteiger charge is 2.30. The van der Waals surface area contributed by atoms with Gasteiger partial charge in [-0.2, -0.15) is 0 Å². The Hall–Kier alpha value is -1.10. The highest BCUT2D eigenvalue weighted by atomic mass is 32.1. The van der Waals surface area contributed by atoms with E-state index in [9.17, 15) is 4.79 Å². The Kier molecular flexibility index (Phi) is 3.38. The molecule has 0 bridgehead atoms. The van der Waals surface area contributed by atoms with Crippen molar-refractivity contribution in [2.45, 2.75) is 39.7 Å². The smallest absolute Gasteiger partial charge is 0.266 e. The van der Waals surface area contributed by atoms with Crippen LogP contribution in [0.15, 0.2) is 0 Å². The molecule has 0 radical (unpaired) electrons. The summed E-state index contributed by atoms with van der Waals surface area (Å²) in [5.41, 5.74) is 6.40. The van der Waals surface area contributed by atoms with Crippen LogP contribution in [0.3, 0.4) is 0 Å². The number of aryl methyl sites for hydroxylation is 1. The van der Waals surface area contributed by atoms with Crippen LogP contribution in [0, 0.1) is 12.8 Å². The van der Waals surface area contributed by atoms with Gasteiger partial charge in [-0.25, -0.2) is 4.98 Å². The van der Waals surface area contributed by atoms with E-state index in [0.29, 0.717) is 22.0 Å². The van der Waals surface area contributed by atoms with Crippen LogP contribution in [0.4, 0.5) is 5.13 Å². The molecular formula is C12H19N3OS. The monoisotopic (exact) mass is 253 g/mol. The van der Waals surface area contributed by atoms with E-state index >= 15 is 0 Å². The number of nitrogen functional groups attached to an aromatic ring is 1.